The van der Waals surface area contributed by atoms with Gasteiger partial charge < -0.3 is 10.1 Å². The second-order valence-electron chi connectivity index (χ2n) is 4.53. The van der Waals surface area contributed by atoms with Crippen LogP contribution in [0.2, 0.25) is 0 Å². The van der Waals surface area contributed by atoms with Crippen molar-refractivity contribution in [2.45, 2.75) is 33.6 Å². The summed E-state index contributed by atoms with van der Waals surface area (Å²) in [7, 11) is 0. The average Bonchev–Trinajstić information content (AvgIpc) is 2.13. The van der Waals surface area contributed by atoms with Gasteiger partial charge in [0.2, 0.25) is 5.91 Å². The zero-order valence-electron chi connectivity index (χ0n) is 9.43. The molecule has 1 N–H and O–H groups in total. The lowest BCUT2D eigenvalue weighted by Gasteiger charge is -2.38. The van der Waals surface area contributed by atoms with E-state index in [4.69, 9.17) is 4.74 Å². The lowest BCUT2D eigenvalue weighted by molar-refractivity contribution is -0.130. The summed E-state index contributed by atoms with van der Waals surface area (Å²) < 4.78 is 5.13. The maximum atomic E-state index is 11.6. The molecule has 0 spiro atoms. The van der Waals surface area contributed by atoms with Gasteiger partial charge in [-0.05, 0) is 12.8 Å². The molecule has 1 fully saturated rings. The smallest absolute Gasteiger partial charge is 0.223 e. The quantitative estimate of drug-likeness (QED) is 0.730. The second kappa shape index (κ2) is 4.78. The normalized spacial score (nSPS) is 19.1. The van der Waals surface area contributed by atoms with Crippen molar-refractivity contribution < 1.29 is 9.53 Å². The lowest BCUT2D eigenvalue weighted by atomic mass is 9.88. The Hall–Kier alpha value is -0.570. The molecule has 3 heteroatoms. The van der Waals surface area contributed by atoms with Crippen molar-refractivity contribution in [3.63, 3.8) is 0 Å². The van der Waals surface area contributed by atoms with Crippen molar-refractivity contribution >= 4 is 5.91 Å². The summed E-state index contributed by atoms with van der Waals surface area (Å²) >= 11 is 0. The Morgan fingerprint density at radius 2 is 2.00 bits per heavy atom. The van der Waals surface area contributed by atoms with Crippen LogP contribution in [-0.4, -0.2) is 25.7 Å². The molecule has 1 saturated heterocycles. The van der Waals surface area contributed by atoms with Crippen LogP contribution in [0.25, 0.3) is 0 Å². The first-order valence-corrected chi connectivity index (χ1v) is 5.47. The van der Waals surface area contributed by atoms with Gasteiger partial charge in [0.25, 0.3) is 0 Å². The average molecular weight is 199 g/mol. The first-order valence-electron chi connectivity index (χ1n) is 5.47. The fourth-order valence-corrected chi connectivity index (χ4v) is 1.66. The summed E-state index contributed by atoms with van der Waals surface area (Å²) in [6, 6.07) is 0. The molecule has 82 valence electrons. The highest BCUT2D eigenvalue weighted by atomic mass is 16.5. The van der Waals surface area contributed by atoms with Crippen LogP contribution in [-0.2, 0) is 9.53 Å². The van der Waals surface area contributed by atoms with Crippen molar-refractivity contribution in [2.24, 2.45) is 11.3 Å². The van der Waals surface area contributed by atoms with Gasteiger partial charge in [0, 0.05) is 17.9 Å². The molecule has 0 aliphatic carbocycles. The maximum Gasteiger partial charge on any atom is 0.223 e. The zero-order valence-corrected chi connectivity index (χ0v) is 9.43. The van der Waals surface area contributed by atoms with E-state index in [0.717, 1.165) is 32.6 Å². The van der Waals surface area contributed by atoms with E-state index in [9.17, 15) is 4.79 Å². The van der Waals surface area contributed by atoms with Gasteiger partial charge in [0.1, 0.15) is 0 Å². The molecule has 0 unspecified atom stereocenters. The first kappa shape index (κ1) is 11.5. The lowest BCUT2D eigenvalue weighted by Crippen LogP contribution is -2.49. The van der Waals surface area contributed by atoms with Gasteiger partial charge in [-0.25, -0.2) is 0 Å². The third-order valence-corrected chi connectivity index (χ3v) is 2.95. The van der Waals surface area contributed by atoms with E-state index in [0.29, 0.717) is 0 Å². The van der Waals surface area contributed by atoms with Crippen LogP contribution >= 0.6 is 0 Å². The van der Waals surface area contributed by atoms with Gasteiger partial charge >= 0.3 is 0 Å². The third-order valence-electron chi connectivity index (χ3n) is 2.95. The van der Waals surface area contributed by atoms with Crippen LogP contribution in [0, 0.1) is 11.3 Å². The molecule has 0 aromatic carbocycles. The van der Waals surface area contributed by atoms with E-state index in [1.54, 1.807) is 0 Å². The van der Waals surface area contributed by atoms with E-state index >= 15 is 0 Å². The number of nitrogens with one attached hydrogen (secondary N) is 1. The van der Waals surface area contributed by atoms with Gasteiger partial charge in [-0.3, -0.25) is 4.79 Å². The van der Waals surface area contributed by atoms with Gasteiger partial charge in [-0.2, -0.15) is 0 Å². The molecule has 1 heterocycles. The Bertz CT molecular complexity index is 195. The van der Waals surface area contributed by atoms with Crippen LogP contribution < -0.4 is 5.32 Å². The van der Waals surface area contributed by atoms with Crippen molar-refractivity contribution in [1.29, 1.82) is 0 Å². The van der Waals surface area contributed by atoms with Crippen LogP contribution in [0.5, 0.6) is 0 Å². The molecule has 0 atom stereocenters. The molecule has 0 bridgehead atoms. The molecule has 1 amide bonds. The molecule has 0 saturated carbocycles. The van der Waals surface area contributed by atoms with Crippen molar-refractivity contribution in [3.05, 3.63) is 0 Å². The fourth-order valence-electron chi connectivity index (χ4n) is 1.66. The molecule has 1 rings (SSSR count). The summed E-state index contributed by atoms with van der Waals surface area (Å²) in [5.74, 6) is 0.378. The number of carbonyl (C=O) groups excluding carboxylic acids is 1. The number of carbonyl (C=O) groups is 1. The molecule has 0 aromatic rings. The van der Waals surface area contributed by atoms with Crippen LogP contribution in [0.3, 0.4) is 0 Å². The molecule has 1 aliphatic rings. The minimum Gasteiger partial charge on any atom is -0.380 e. The van der Waals surface area contributed by atoms with Crippen molar-refractivity contribution in [1.82, 2.24) is 5.32 Å². The van der Waals surface area contributed by atoms with E-state index in [1.807, 2.05) is 0 Å². The highest BCUT2D eigenvalue weighted by Gasteiger charge is 2.33. The summed E-state index contributed by atoms with van der Waals surface area (Å²) in [5.41, 5.74) is 0.182. The molecule has 0 radical (unpaired) electrons. The predicted octanol–water partition coefficient (Wildman–Crippen LogP) is 1.58. The predicted molar refractivity (Wildman–Crippen MR) is 56.0 cm³/mol. The highest BCUT2D eigenvalue weighted by molar-refractivity contribution is 5.78. The van der Waals surface area contributed by atoms with Gasteiger partial charge in [-0.15, -0.1) is 0 Å². The van der Waals surface area contributed by atoms with E-state index in [-0.39, 0.29) is 17.2 Å². The Balaban J connectivity index is 2.26. The van der Waals surface area contributed by atoms with Gasteiger partial charge in [0.05, 0.1) is 13.2 Å². The third kappa shape index (κ3) is 2.71. The van der Waals surface area contributed by atoms with E-state index < -0.39 is 0 Å². The van der Waals surface area contributed by atoms with Gasteiger partial charge in [-0.1, -0.05) is 20.8 Å². The Labute approximate surface area is 86.2 Å². The monoisotopic (exact) mass is 199 g/mol. The zero-order chi connectivity index (χ0) is 10.6. The van der Waals surface area contributed by atoms with Crippen LogP contribution in [0.15, 0.2) is 0 Å². The fraction of sp³-hybridized carbons (Fsp3) is 0.909. The van der Waals surface area contributed by atoms with E-state index in [1.165, 1.54) is 0 Å². The van der Waals surface area contributed by atoms with Crippen molar-refractivity contribution in [2.75, 3.05) is 19.8 Å². The summed E-state index contributed by atoms with van der Waals surface area (Å²) in [5, 5.41) is 3.01. The standard InChI is InChI=1S/C11H21NO2/c1-4-9(5-2)10(13)12-6-11(3)7-14-8-11/h9H,4-8H2,1-3H3,(H,12,13). The van der Waals surface area contributed by atoms with Crippen LogP contribution in [0.4, 0.5) is 0 Å². The number of ether oxygens (including phenoxy) is 1. The second-order valence-corrected chi connectivity index (χ2v) is 4.53. The number of amides is 1. The Kier molecular flexibility index (Phi) is 3.93. The van der Waals surface area contributed by atoms with Crippen LogP contribution in [0.1, 0.15) is 33.6 Å². The molecule has 1 aliphatic heterocycles. The summed E-state index contributed by atoms with van der Waals surface area (Å²) in [6.07, 6.45) is 1.85. The Morgan fingerprint density at radius 1 is 1.43 bits per heavy atom. The first-order chi connectivity index (χ1) is 6.61. The maximum absolute atomic E-state index is 11.6. The summed E-state index contributed by atoms with van der Waals surface area (Å²) in [6.45, 7) is 8.56. The molecule has 0 aromatic heterocycles. The summed E-state index contributed by atoms with van der Waals surface area (Å²) in [4.78, 5) is 11.6. The number of rotatable bonds is 5. The highest BCUT2D eigenvalue weighted by Crippen LogP contribution is 2.25. The van der Waals surface area contributed by atoms with Gasteiger partial charge in [0.15, 0.2) is 0 Å². The molecule has 3 nitrogen and oxygen atoms in total. The topological polar surface area (TPSA) is 38.3 Å². The minimum atomic E-state index is 0.180. The Morgan fingerprint density at radius 3 is 2.36 bits per heavy atom. The van der Waals surface area contributed by atoms with Crippen molar-refractivity contribution in [3.8, 4) is 0 Å². The minimum absolute atomic E-state index is 0.180. The SMILES string of the molecule is CCC(CC)C(=O)NCC1(C)COC1. The van der Waals surface area contributed by atoms with E-state index in [2.05, 4.69) is 26.1 Å². The molecular formula is C11H21NO2. The molecular weight excluding hydrogens is 178 g/mol. The molecule has 14 heavy (non-hydrogen) atoms. The number of hydrogen-bond acceptors (Lipinski definition) is 2. The largest absolute Gasteiger partial charge is 0.380 e. The number of hydrogen-bond donors (Lipinski definition) is 1.